The van der Waals surface area contributed by atoms with E-state index in [9.17, 15) is 18.8 Å². The van der Waals surface area contributed by atoms with Crippen LogP contribution in [-0.4, -0.2) is 84.8 Å². The number of anilines is 1. The first-order valence-corrected chi connectivity index (χ1v) is 15.0. The van der Waals surface area contributed by atoms with Crippen molar-refractivity contribution in [1.29, 1.82) is 0 Å². The van der Waals surface area contributed by atoms with Gasteiger partial charge in [-0.2, -0.15) is 0 Å². The van der Waals surface area contributed by atoms with Crippen LogP contribution in [0.3, 0.4) is 0 Å². The molecular weight excluding hydrogens is 619 g/mol. The first kappa shape index (κ1) is 35.9. The van der Waals surface area contributed by atoms with E-state index in [0.717, 1.165) is 31.9 Å². The van der Waals surface area contributed by atoms with Gasteiger partial charge in [0.2, 0.25) is 0 Å². The molecule has 0 fully saturated rings. The number of benzene rings is 3. The molecule has 3 rings (SSSR count). The molecule has 3 aromatic carbocycles. The lowest BCUT2D eigenvalue weighted by atomic mass is 9.91. The van der Waals surface area contributed by atoms with Crippen molar-refractivity contribution < 1.29 is 37.7 Å². The first-order valence-electron chi connectivity index (χ1n) is 14.6. The van der Waals surface area contributed by atoms with Gasteiger partial charge in [-0.1, -0.05) is 11.6 Å². The van der Waals surface area contributed by atoms with Gasteiger partial charge < -0.3 is 39.8 Å². The van der Waals surface area contributed by atoms with Crippen molar-refractivity contribution in [2.75, 3.05) is 67.5 Å². The van der Waals surface area contributed by atoms with Gasteiger partial charge in [0.15, 0.2) is 29.6 Å². The van der Waals surface area contributed by atoms with Gasteiger partial charge in [0, 0.05) is 30.9 Å². The smallest absolute Gasteiger partial charge is 0.262 e. The lowest BCUT2D eigenvalue weighted by Gasteiger charge is -2.23. The summed E-state index contributed by atoms with van der Waals surface area (Å²) in [4.78, 5) is 41.6. The minimum Gasteiger partial charge on any atom is -0.493 e. The van der Waals surface area contributed by atoms with E-state index in [0.29, 0.717) is 12.4 Å². The molecule has 0 saturated carbocycles. The maximum atomic E-state index is 13.6. The normalized spacial score (nSPS) is 10.7. The Kier molecular flexibility index (Phi) is 13.5. The maximum absolute atomic E-state index is 13.6. The summed E-state index contributed by atoms with van der Waals surface area (Å²) in [7, 11) is 9.85. The zero-order chi connectivity index (χ0) is 33.8. The zero-order valence-electron chi connectivity index (χ0n) is 26.8. The van der Waals surface area contributed by atoms with Crippen LogP contribution >= 0.6 is 11.6 Å². The van der Waals surface area contributed by atoms with Crippen LogP contribution in [0.5, 0.6) is 23.0 Å². The summed E-state index contributed by atoms with van der Waals surface area (Å²) in [6, 6.07) is 9.95. The van der Waals surface area contributed by atoms with E-state index in [1.165, 1.54) is 52.6 Å². The monoisotopic (exact) mass is 658 g/mol. The number of rotatable bonds is 16. The molecule has 248 valence electrons. The van der Waals surface area contributed by atoms with Gasteiger partial charge in [0.05, 0.1) is 37.0 Å². The van der Waals surface area contributed by atoms with E-state index in [1.54, 1.807) is 12.1 Å². The van der Waals surface area contributed by atoms with Crippen molar-refractivity contribution in [2.45, 2.75) is 19.3 Å². The Bertz CT molecular complexity index is 1550. The minimum atomic E-state index is -0.631. The number of unbranched alkanes of at least 4 members (excludes halogenated alkanes) is 2. The Morgan fingerprint density at radius 2 is 1.37 bits per heavy atom. The van der Waals surface area contributed by atoms with Crippen molar-refractivity contribution in [3.05, 3.63) is 64.4 Å². The summed E-state index contributed by atoms with van der Waals surface area (Å²) in [6.07, 6.45) is 2.59. The number of ether oxygens (including phenoxy) is 4. The zero-order valence-corrected chi connectivity index (χ0v) is 27.6. The van der Waals surface area contributed by atoms with Crippen molar-refractivity contribution >= 4 is 35.0 Å². The number of hydrogen-bond acceptors (Lipinski definition) is 8. The molecule has 0 saturated heterocycles. The molecule has 0 atom stereocenters. The van der Waals surface area contributed by atoms with Gasteiger partial charge >= 0.3 is 0 Å². The number of nitrogens with zero attached hydrogens (tertiary/aromatic N) is 1. The number of hydrogen-bond donors (Lipinski definition) is 3. The van der Waals surface area contributed by atoms with Gasteiger partial charge in [-0.05, 0) is 82.4 Å². The molecule has 3 N–H and O–H groups in total. The summed E-state index contributed by atoms with van der Waals surface area (Å²) in [5.41, 5.74) is 0.904. The van der Waals surface area contributed by atoms with Crippen LogP contribution in [0, 0.1) is 5.82 Å². The number of carbonyl (C=O) groups is 3. The molecule has 11 nitrogen and oxygen atoms in total. The molecule has 3 amide bonds. The molecule has 3 aromatic rings. The molecule has 0 spiro atoms. The van der Waals surface area contributed by atoms with Crippen LogP contribution in [-0.2, 0) is 4.79 Å². The average Bonchev–Trinajstić information content (AvgIpc) is 3.05. The highest BCUT2D eigenvalue weighted by Crippen LogP contribution is 2.49. The predicted molar refractivity (Wildman–Crippen MR) is 175 cm³/mol. The molecule has 0 aliphatic rings. The second kappa shape index (κ2) is 17.2. The highest BCUT2D eigenvalue weighted by Gasteiger charge is 2.30. The number of halogens is 2. The summed E-state index contributed by atoms with van der Waals surface area (Å²) in [5.74, 6) is -1.47. The number of amides is 3. The van der Waals surface area contributed by atoms with E-state index < -0.39 is 30.1 Å². The van der Waals surface area contributed by atoms with Gasteiger partial charge in [-0.15, -0.1) is 0 Å². The molecule has 13 heteroatoms. The Hall–Kier alpha value is -4.55. The largest absolute Gasteiger partial charge is 0.493 e. The maximum Gasteiger partial charge on any atom is 0.262 e. The highest BCUT2D eigenvalue weighted by molar-refractivity contribution is 6.31. The molecule has 0 aliphatic heterocycles. The van der Waals surface area contributed by atoms with E-state index >= 15 is 0 Å². The topological polar surface area (TPSA) is 127 Å². The molecule has 0 aliphatic carbocycles. The molecule has 0 heterocycles. The molecule has 0 aromatic heterocycles. The average molecular weight is 659 g/mol. The van der Waals surface area contributed by atoms with Crippen LogP contribution in [0.4, 0.5) is 10.1 Å². The molecule has 0 bridgehead atoms. The molecule has 46 heavy (non-hydrogen) atoms. The lowest BCUT2D eigenvalue weighted by molar-refractivity contribution is -0.118. The fourth-order valence-electron chi connectivity index (χ4n) is 4.67. The number of methoxy groups -OCH3 is 2. The molecule has 0 radical (unpaired) electrons. The summed E-state index contributed by atoms with van der Waals surface area (Å²) < 4.78 is 37.2. The second-order valence-electron chi connectivity index (χ2n) is 10.4. The summed E-state index contributed by atoms with van der Waals surface area (Å²) in [5, 5.41) is 7.69. The lowest BCUT2D eigenvalue weighted by Crippen LogP contribution is -2.23. The molecule has 0 unspecified atom stereocenters. The Morgan fingerprint density at radius 1 is 0.804 bits per heavy atom. The van der Waals surface area contributed by atoms with E-state index in [2.05, 4.69) is 20.9 Å². The van der Waals surface area contributed by atoms with Crippen molar-refractivity contribution in [1.82, 2.24) is 15.5 Å². The van der Waals surface area contributed by atoms with E-state index in [4.69, 9.17) is 30.5 Å². The van der Waals surface area contributed by atoms with Crippen LogP contribution in [0.2, 0.25) is 5.02 Å². The van der Waals surface area contributed by atoms with Crippen molar-refractivity contribution in [2.24, 2.45) is 0 Å². The van der Waals surface area contributed by atoms with Crippen molar-refractivity contribution in [3.63, 3.8) is 0 Å². The third kappa shape index (κ3) is 9.01. The van der Waals surface area contributed by atoms with Crippen LogP contribution in [0.25, 0.3) is 11.1 Å². The van der Waals surface area contributed by atoms with Crippen LogP contribution in [0.1, 0.15) is 40.0 Å². The van der Waals surface area contributed by atoms with Crippen molar-refractivity contribution in [3.8, 4) is 34.1 Å². The van der Waals surface area contributed by atoms with Crippen LogP contribution in [0.15, 0.2) is 42.5 Å². The fourth-order valence-corrected chi connectivity index (χ4v) is 4.85. The third-order valence-corrected chi connectivity index (χ3v) is 7.21. The first-order chi connectivity index (χ1) is 22.1. The predicted octanol–water partition coefficient (Wildman–Crippen LogP) is 5.01. The summed E-state index contributed by atoms with van der Waals surface area (Å²) >= 11 is 5.86. The number of nitrogens with one attached hydrogen (secondary N) is 3. The fraction of sp³-hybridized carbons (Fsp3) is 0.364. The standard InChI is InChI=1S/C33H40ClFN4O7/c1-36-32(41)21-11-14-25(43-5)30(45-17-9-7-8-16-39(3)4)28(21)29-22(33(42)37-2)12-15-26(44-6)31(29)46-19-27(40)38-20-10-13-24(35)23(34)18-20/h10-15,18H,7-9,16-17,19H2,1-6H3,(H,36,41)(H,37,42)(H,38,40). The van der Waals surface area contributed by atoms with Gasteiger partial charge in [0.1, 0.15) is 5.82 Å². The SMILES string of the molecule is CNC(=O)c1ccc(OC)c(OCCCCCN(C)C)c1-c1c(C(=O)NC)ccc(OC)c1OCC(=O)Nc1ccc(F)c(Cl)c1. The Balaban J connectivity index is 2.16. The molecular formula is C33H40ClFN4O7. The second-order valence-corrected chi connectivity index (χ2v) is 10.8. The van der Waals surface area contributed by atoms with E-state index in [-0.39, 0.29) is 50.2 Å². The number of carbonyl (C=O) groups excluding carboxylic acids is 3. The minimum absolute atomic E-state index is 0.00475. The Morgan fingerprint density at radius 3 is 1.87 bits per heavy atom. The quantitative estimate of drug-likeness (QED) is 0.183. The van der Waals surface area contributed by atoms with Gasteiger partial charge in [-0.25, -0.2) is 4.39 Å². The highest BCUT2D eigenvalue weighted by atomic mass is 35.5. The summed E-state index contributed by atoms with van der Waals surface area (Å²) in [6.45, 7) is 0.686. The van der Waals surface area contributed by atoms with E-state index in [1.807, 2.05) is 14.1 Å². The third-order valence-electron chi connectivity index (χ3n) is 6.92. The Labute approximate surface area is 273 Å². The van der Waals surface area contributed by atoms with Gasteiger partial charge in [0.25, 0.3) is 17.7 Å². The van der Waals surface area contributed by atoms with Crippen LogP contribution < -0.4 is 34.9 Å². The van der Waals surface area contributed by atoms with Gasteiger partial charge in [-0.3, -0.25) is 14.4 Å².